The van der Waals surface area contributed by atoms with Crippen LogP contribution in [0.3, 0.4) is 0 Å². The lowest BCUT2D eigenvalue weighted by molar-refractivity contribution is -0.116. The normalized spacial score (nSPS) is 12.1. The highest BCUT2D eigenvalue weighted by atomic mass is 35.5. The molecule has 0 fully saturated rings. The van der Waals surface area contributed by atoms with E-state index in [1.165, 1.54) is 0 Å². The van der Waals surface area contributed by atoms with Gasteiger partial charge in [0.1, 0.15) is 0 Å². The smallest absolute Gasteiger partial charge is 0.241 e. The van der Waals surface area contributed by atoms with Gasteiger partial charge in [0.05, 0.1) is 4.90 Å². The van der Waals surface area contributed by atoms with Crippen LogP contribution in [0.5, 0.6) is 0 Å². The lowest BCUT2D eigenvalue weighted by Gasteiger charge is -2.21. The molecule has 0 radical (unpaired) electrons. The number of hydrogen-bond donors (Lipinski definition) is 2. The van der Waals surface area contributed by atoms with Crippen molar-refractivity contribution < 1.29 is 13.2 Å². The van der Waals surface area contributed by atoms with Gasteiger partial charge in [0, 0.05) is 33.4 Å². The third-order valence-electron chi connectivity index (χ3n) is 4.44. The molecule has 0 bridgehead atoms. The third-order valence-corrected chi connectivity index (χ3v) is 6.51. The number of rotatable bonds is 6. The van der Waals surface area contributed by atoms with E-state index in [4.69, 9.17) is 11.6 Å². The number of benzene rings is 3. The minimum atomic E-state index is -3.71. The first-order valence-corrected chi connectivity index (χ1v) is 11.5. The number of nitrogens with one attached hydrogen (secondary N) is 2. The molecule has 0 aromatic heterocycles. The molecule has 0 saturated carbocycles. The van der Waals surface area contributed by atoms with E-state index in [-0.39, 0.29) is 10.8 Å². The lowest BCUT2D eigenvalue weighted by Crippen LogP contribution is -2.40. The topological polar surface area (TPSA) is 75.3 Å². The average Bonchev–Trinajstić information content (AvgIpc) is 2.65. The van der Waals surface area contributed by atoms with Gasteiger partial charge >= 0.3 is 0 Å². The molecule has 3 rings (SSSR count). The summed E-state index contributed by atoms with van der Waals surface area (Å²) in [7, 11) is -3.71. The Kier molecular flexibility index (Phi) is 6.50. The van der Waals surface area contributed by atoms with E-state index in [1.807, 2.05) is 12.1 Å². The van der Waals surface area contributed by atoms with Crippen molar-refractivity contribution in [2.45, 2.75) is 44.0 Å². The second kappa shape index (κ2) is 8.76. The first-order chi connectivity index (χ1) is 14.0. The van der Waals surface area contributed by atoms with Gasteiger partial charge in [0.25, 0.3) is 0 Å². The first-order valence-electron chi connectivity index (χ1n) is 9.65. The molecule has 1 amide bonds. The van der Waals surface area contributed by atoms with Gasteiger partial charge in [-0.25, -0.2) is 13.1 Å². The van der Waals surface area contributed by atoms with Crippen LogP contribution in [-0.2, 0) is 21.2 Å². The molecular formula is C23H25ClN2O3S. The predicted molar refractivity (Wildman–Crippen MR) is 122 cm³/mol. The fourth-order valence-corrected chi connectivity index (χ4v) is 4.97. The molecule has 0 saturated heterocycles. The molecule has 2 N–H and O–H groups in total. The molecule has 0 aliphatic carbocycles. The summed E-state index contributed by atoms with van der Waals surface area (Å²) in [6.07, 6.45) is 0.893. The minimum Gasteiger partial charge on any atom is -0.326 e. The number of fused-ring (bicyclic) bond motifs is 1. The van der Waals surface area contributed by atoms with Crippen LogP contribution in [0.4, 0.5) is 5.69 Å². The van der Waals surface area contributed by atoms with Gasteiger partial charge in [0.2, 0.25) is 15.9 Å². The number of halogens is 1. The molecule has 5 nitrogen and oxygen atoms in total. The molecule has 0 aliphatic heterocycles. The Bertz CT molecular complexity index is 1170. The van der Waals surface area contributed by atoms with Crippen LogP contribution in [0.25, 0.3) is 10.8 Å². The Balaban J connectivity index is 1.83. The van der Waals surface area contributed by atoms with Crippen LogP contribution in [0.15, 0.2) is 65.6 Å². The number of amides is 1. The quantitative estimate of drug-likeness (QED) is 0.552. The summed E-state index contributed by atoms with van der Waals surface area (Å²) in [5.41, 5.74) is 1.00. The number of sulfonamides is 1. The van der Waals surface area contributed by atoms with Crippen LogP contribution in [0, 0.1) is 0 Å². The van der Waals surface area contributed by atoms with Crippen molar-refractivity contribution in [1.82, 2.24) is 4.72 Å². The lowest BCUT2D eigenvalue weighted by atomic mass is 10.1. The van der Waals surface area contributed by atoms with Crippen molar-refractivity contribution >= 4 is 44.0 Å². The van der Waals surface area contributed by atoms with Crippen molar-refractivity contribution in [2.75, 3.05) is 5.32 Å². The largest absolute Gasteiger partial charge is 0.326 e. The summed E-state index contributed by atoms with van der Waals surface area (Å²) >= 11 is 5.89. The third kappa shape index (κ3) is 5.59. The SMILES string of the molecule is CC(C)(C)NS(=O)(=O)c1cccc2c(NC(=O)CCc3ccc(Cl)cc3)cccc12. The van der Waals surface area contributed by atoms with Gasteiger partial charge in [-0.05, 0) is 57.0 Å². The molecular weight excluding hydrogens is 420 g/mol. The second-order valence-corrected chi connectivity index (χ2v) is 10.3. The molecule has 0 atom stereocenters. The van der Waals surface area contributed by atoms with Gasteiger partial charge in [0.15, 0.2) is 0 Å². The molecule has 0 spiro atoms. The van der Waals surface area contributed by atoms with Gasteiger partial charge < -0.3 is 5.32 Å². The molecule has 30 heavy (non-hydrogen) atoms. The monoisotopic (exact) mass is 444 g/mol. The Morgan fingerprint density at radius 2 is 1.57 bits per heavy atom. The number of aryl methyl sites for hydroxylation is 1. The van der Waals surface area contributed by atoms with E-state index in [0.29, 0.717) is 34.3 Å². The van der Waals surface area contributed by atoms with E-state index >= 15 is 0 Å². The van der Waals surface area contributed by atoms with Gasteiger partial charge in [-0.3, -0.25) is 4.79 Å². The summed E-state index contributed by atoms with van der Waals surface area (Å²) in [5.74, 6) is -0.140. The van der Waals surface area contributed by atoms with Crippen LogP contribution in [0.1, 0.15) is 32.8 Å². The van der Waals surface area contributed by atoms with E-state index in [2.05, 4.69) is 10.0 Å². The van der Waals surface area contributed by atoms with E-state index in [1.54, 1.807) is 69.3 Å². The molecule has 158 valence electrons. The molecule has 7 heteroatoms. The van der Waals surface area contributed by atoms with Crippen molar-refractivity contribution in [3.05, 3.63) is 71.2 Å². The van der Waals surface area contributed by atoms with E-state index in [0.717, 1.165) is 5.56 Å². The van der Waals surface area contributed by atoms with Crippen molar-refractivity contribution in [3.63, 3.8) is 0 Å². The van der Waals surface area contributed by atoms with Gasteiger partial charge in [-0.2, -0.15) is 0 Å². The minimum absolute atomic E-state index is 0.140. The standard InChI is InChI=1S/C23H25ClN2O3S/c1-23(2,3)26-30(28,29)21-9-5-6-18-19(21)7-4-8-20(18)25-22(27)15-12-16-10-13-17(24)14-11-16/h4-11,13-14,26H,12,15H2,1-3H3,(H,25,27). The highest BCUT2D eigenvalue weighted by molar-refractivity contribution is 7.89. The maximum Gasteiger partial charge on any atom is 0.241 e. The zero-order valence-corrected chi connectivity index (χ0v) is 18.8. The number of carbonyl (C=O) groups is 1. The maximum atomic E-state index is 12.9. The van der Waals surface area contributed by atoms with E-state index in [9.17, 15) is 13.2 Å². The van der Waals surface area contributed by atoms with Crippen molar-refractivity contribution in [1.29, 1.82) is 0 Å². The van der Waals surface area contributed by atoms with Crippen LogP contribution >= 0.6 is 11.6 Å². The Morgan fingerprint density at radius 1 is 0.933 bits per heavy atom. The number of anilines is 1. The van der Waals surface area contributed by atoms with Crippen molar-refractivity contribution in [2.24, 2.45) is 0 Å². The van der Waals surface area contributed by atoms with Gasteiger partial charge in [-0.1, -0.05) is 48.0 Å². The molecule has 0 aliphatic rings. The summed E-state index contributed by atoms with van der Waals surface area (Å²) in [4.78, 5) is 12.7. The Hall–Kier alpha value is -2.41. The number of hydrogen-bond acceptors (Lipinski definition) is 3. The summed E-state index contributed by atoms with van der Waals surface area (Å²) in [6.45, 7) is 5.38. The van der Waals surface area contributed by atoms with Gasteiger partial charge in [-0.15, -0.1) is 0 Å². The summed E-state index contributed by atoms with van der Waals surface area (Å²) in [6, 6.07) is 17.7. The molecule has 0 unspecified atom stereocenters. The number of carbonyl (C=O) groups excluding carboxylic acids is 1. The Morgan fingerprint density at radius 3 is 2.23 bits per heavy atom. The average molecular weight is 445 g/mol. The molecule has 0 heterocycles. The molecule has 3 aromatic rings. The van der Waals surface area contributed by atoms with Crippen LogP contribution < -0.4 is 10.0 Å². The Labute approximate surface area is 182 Å². The highest BCUT2D eigenvalue weighted by Crippen LogP contribution is 2.29. The second-order valence-electron chi connectivity index (χ2n) is 8.19. The first kappa shape index (κ1) is 22.3. The van der Waals surface area contributed by atoms with Crippen LogP contribution in [0.2, 0.25) is 5.02 Å². The van der Waals surface area contributed by atoms with Crippen molar-refractivity contribution in [3.8, 4) is 0 Å². The fourth-order valence-electron chi connectivity index (χ4n) is 3.20. The van der Waals surface area contributed by atoms with E-state index < -0.39 is 15.6 Å². The predicted octanol–water partition coefficient (Wildman–Crippen LogP) is 5.14. The maximum absolute atomic E-state index is 12.9. The zero-order chi connectivity index (χ0) is 21.9. The zero-order valence-electron chi connectivity index (χ0n) is 17.2. The summed E-state index contributed by atoms with van der Waals surface area (Å²) < 4.78 is 28.4. The van der Waals surface area contributed by atoms with Crippen LogP contribution in [-0.4, -0.2) is 19.9 Å². The fraction of sp³-hybridized carbons (Fsp3) is 0.261. The molecule has 3 aromatic carbocycles. The summed E-state index contributed by atoms with van der Waals surface area (Å²) in [5, 5.41) is 4.81. The highest BCUT2D eigenvalue weighted by Gasteiger charge is 2.24.